The highest BCUT2D eigenvalue weighted by atomic mass is 16.3. The molecule has 2 heterocycles. The maximum atomic E-state index is 8.71. The van der Waals surface area contributed by atoms with Gasteiger partial charge in [-0.3, -0.25) is 0 Å². The highest BCUT2D eigenvalue weighted by molar-refractivity contribution is 5.96. The normalized spacial score (nSPS) is 12.8. The van der Waals surface area contributed by atoms with E-state index >= 15 is 0 Å². The molecule has 2 aromatic heterocycles. The molecule has 0 saturated carbocycles. The van der Waals surface area contributed by atoms with E-state index in [1.165, 1.54) is 11.1 Å². The van der Waals surface area contributed by atoms with Crippen molar-refractivity contribution >= 4 is 21.7 Å². The molecule has 0 radical (unpaired) electrons. The number of hydrogen-bond acceptors (Lipinski definition) is 1. The van der Waals surface area contributed by atoms with E-state index in [1.807, 2.05) is 20.0 Å². The van der Waals surface area contributed by atoms with Crippen LogP contribution in [0.25, 0.3) is 33.0 Å². The van der Waals surface area contributed by atoms with Crippen LogP contribution in [0.15, 0.2) is 53.1 Å². The zero-order valence-corrected chi connectivity index (χ0v) is 16.4. The third kappa shape index (κ3) is 2.61. The summed E-state index contributed by atoms with van der Waals surface area (Å²) in [6.07, 6.45) is 1.74. The van der Waals surface area contributed by atoms with E-state index in [0.29, 0.717) is 6.04 Å². The third-order valence-corrected chi connectivity index (χ3v) is 5.35. The van der Waals surface area contributed by atoms with Gasteiger partial charge in [0.15, 0.2) is 5.69 Å². The molecule has 0 aliphatic carbocycles. The minimum Gasteiger partial charge on any atom is -0.464 e. The maximum absolute atomic E-state index is 8.71. The Bertz CT molecular complexity index is 1190. The predicted molar refractivity (Wildman–Crippen MR) is 109 cm³/mol. The number of benzene rings is 2. The van der Waals surface area contributed by atoms with E-state index < -0.39 is 0 Å². The number of nitrogens with zero attached hydrogens (tertiary/aromatic N) is 1. The minimum atomic E-state index is 0.0513. The zero-order chi connectivity index (χ0) is 19.5. The molecule has 4 aromatic rings. The van der Waals surface area contributed by atoms with Gasteiger partial charge in [0.1, 0.15) is 12.6 Å². The van der Waals surface area contributed by atoms with Gasteiger partial charge in [0.05, 0.1) is 18.6 Å². The second-order valence-corrected chi connectivity index (χ2v) is 8.25. The van der Waals surface area contributed by atoms with Crippen LogP contribution < -0.4 is 4.57 Å². The average molecular weight is 345 g/mol. The monoisotopic (exact) mass is 345 g/mol. The van der Waals surface area contributed by atoms with Gasteiger partial charge in [0, 0.05) is 18.4 Å². The molecule has 0 aliphatic heterocycles. The molecule has 2 heteroatoms. The van der Waals surface area contributed by atoms with Crippen molar-refractivity contribution in [2.24, 2.45) is 7.05 Å². The average Bonchev–Trinajstić information content (AvgIpc) is 3.06. The van der Waals surface area contributed by atoms with E-state index in [9.17, 15) is 0 Å². The highest BCUT2D eigenvalue weighted by Gasteiger charge is 2.22. The Labute approximate surface area is 156 Å². The first-order chi connectivity index (χ1) is 12.7. The van der Waals surface area contributed by atoms with Crippen molar-refractivity contribution in [1.29, 1.82) is 0 Å². The first kappa shape index (κ1) is 15.6. The molecule has 0 amide bonds. The van der Waals surface area contributed by atoms with Crippen molar-refractivity contribution in [2.45, 2.75) is 40.0 Å². The second-order valence-electron chi connectivity index (χ2n) is 8.25. The number of aromatic nitrogens is 1. The van der Waals surface area contributed by atoms with Gasteiger partial charge in [-0.05, 0) is 53.1 Å². The molecule has 0 fully saturated rings. The topological polar surface area (TPSA) is 17.0 Å². The van der Waals surface area contributed by atoms with Gasteiger partial charge in [-0.2, -0.15) is 4.57 Å². The van der Waals surface area contributed by atoms with Crippen LogP contribution in [0.1, 0.15) is 39.0 Å². The van der Waals surface area contributed by atoms with Crippen LogP contribution in [0.2, 0.25) is 0 Å². The largest absolute Gasteiger partial charge is 0.464 e. The van der Waals surface area contributed by atoms with Crippen LogP contribution in [-0.2, 0) is 12.5 Å². The molecule has 26 heavy (non-hydrogen) atoms. The molecule has 0 saturated heterocycles. The van der Waals surface area contributed by atoms with Crippen molar-refractivity contribution in [3.63, 3.8) is 0 Å². The van der Waals surface area contributed by atoms with Crippen LogP contribution in [0.3, 0.4) is 0 Å². The third-order valence-electron chi connectivity index (χ3n) is 5.35. The van der Waals surface area contributed by atoms with Crippen LogP contribution in [-0.4, -0.2) is 0 Å². The van der Waals surface area contributed by atoms with Crippen LogP contribution in [0, 0.1) is 13.8 Å². The molecule has 4 rings (SSSR count). The fraction of sp³-hybridized carbons (Fsp3) is 0.292. The predicted octanol–water partition coefficient (Wildman–Crippen LogP) is 5.99. The molecule has 0 N–H and O–H groups in total. The Morgan fingerprint density at radius 2 is 1.77 bits per heavy atom. The van der Waals surface area contributed by atoms with E-state index in [1.54, 1.807) is 6.26 Å². The van der Waals surface area contributed by atoms with Crippen molar-refractivity contribution in [3.05, 3.63) is 65.5 Å². The Hall–Kier alpha value is -2.61. The van der Waals surface area contributed by atoms with E-state index in [2.05, 4.69) is 62.6 Å². The number of furan rings is 1. The number of rotatable bonds is 1. The summed E-state index contributed by atoms with van der Waals surface area (Å²) in [4.78, 5) is 0. The van der Waals surface area contributed by atoms with Gasteiger partial charge in [-0.25, -0.2) is 0 Å². The van der Waals surface area contributed by atoms with E-state index in [-0.39, 0.29) is 5.41 Å². The minimum absolute atomic E-state index is 0.0513. The molecule has 0 unspecified atom stereocenters. The lowest BCUT2D eigenvalue weighted by Gasteiger charge is -2.20. The maximum Gasteiger partial charge on any atom is 0.220 e. The zero-order valence-electron chi connectivity index (χ0n) is 17.4. The number of hydrogen-bond donors (Lipinski definition) is 0. The van der Waals surface area contributed by atoms with Gasteiger partial charge < -0.3 is 4.42 Å². The first-order valence-corrected chi connectivity index (χ1v) is 9.10. The summed E-state index contributed by atoms with van der Waals surface area (Å²) in [6.45, 7) is 10.8. The van der Waals surface area contributed by atoms with Crippen molar-refractivity contribution < 1.29 is 10.4 Å². The number of aryl methyl sites for hydroxylation is 1. The van der Waals surface area contributed by atoms with Crippen molar-refractivity contribution in [2.75, 3.05) is 0 Å². The lowest BCUT2D eigenvalue weighted by Crippen LogP contribution is -2.35. The lowest BCUT2D eigenvalue weighted by molar-refractivity contribution is -0.665. The first-order valence-electron chi connectivity index (χ1n) is 9.60. The van der Waals surface area contributed by atoms with E-state index in [0.717, 1.165) is 38.7 Å². The molecule has 2 aromatic carbocycles. The van der Waals surface area contributed by atoms with Crippen LogP contribution in [0.5, 0.6) is 0 Å². The molecule has 0 spiro atoms. The summed E-state index contributed by atoms with van der Waals surface area (Å²) in [5, 5.41) is 3.23. The fourth-order valence-electron chi connectivity index (χ4n) is 3.65. The summed E-state index contributed by atoms with van der Waals surface area (Å²) < 4.78 is 16.5. The SMILES string of the molecule is [2H]c1c(C)[n+](C)c(-c2cc3occc3cc2C)c2ccc(C(C)(C)C)cc12. The summed E-state index contributed by atoms with van der Waals surface area (Å²) in [5.74, 6) is 0. The molecule has 0 atom stereocenters. The molecular formula is C24H26NO+. The van der Waals surface area contributed by atoms with Gasteiger partial charge in [-0.15, -0.1) is 0 Å². The number of fused-ring (bicyclic) bond motifs is 2. The Kier molecular flexibility index (Phi) is 3.43. The molecule has 0 bridgehead atoms. The Morgan fingerprint density at radius 1 is 1.00 bits per heavy atom. The molecule has 132 valence electrons. The summed E-state index contributed by atoms with van der Waals surface area (Å²) >= 11 is 0. The van der Waals surface area contributed by atoms with Gasteiger partial charge in [-0.1, -0.05) is 32.9 Å². The Morgan fingerprint density at radius 3 is 2.50 bits per heavy atom. The van der Waals surface area contributed by atoms with Gasteiger partial charge in [0.25, 0.3) is 0 Å². The summed E-state index contributed by atoms with van der Waals surface area (Å²) in [6, 6.07) is 13.5. The van der Waals surface area contributed by atoms with Crippen molar-refractivity contribution in [1.82, 2.24) is 0 Å². The highest BCUT2D eigenvalue weighted by Crippen LogP contribution is 2.34. The lowest BCUT2D eigenvalue weighted by atomic mass is 9.85. The Balaban J connectivity index is 2.12. The van der Waals surface area contributed by atoms with Gasteiger partial charge in [0.2, 0.25) is 5.69 Å². The van der Waals surface area contributed by atoms with Crippen LogP contribution in [0.4, 0.5) is 0 Å². The standard InChI is InChI=1S/C24H26NO/c1-15-11-17-9-10-26-22(17)14-21(15)23-20-8-7-19(24(3,4)5)13-18(20)12-16(2)25(23)6/h7-14H,1-6H3/q+1/i12D. The summed E-state index contributed by atoms with van der Waals surface area (Å²) in [7, 11) is 2.05. The van der Waals surface area contributed by atoms with Crippen molar-refractivity contribution in [3.8, 4) is 11.3 Å². The second kappa shape index (κ2) is 5.70. The van der Waals surface area contributed by atoms with Crippen LogP contribution >= 0.6 is 0 Å². The number of pyridine rings is 1. The smallest absolute Gasteiger partial charge is 0.220 e. The van der Waals surface area contributed by atoms with Gasteiger partial charge >= 0.3 is 0 Å². The molecular weight excluding hydrogens is 318 g/mol. The fourth-order valence-corrected chi connectivity index (χ4v) is 3.65. The molecule has 2 nitrogen and oxygen atoms in total. The quantitative estimate of drug-likeness (QED) is 0.387. The van der Waals surface area contributed by atoms with E-state index in [4.69, 9.17) is 5.79 Å². The summed E-state index contributed by atoms with van der Waals surface area (Å²) in [5.41, 5.74) is 6.64. The molecule has 0 aliphatic rings.